The Morgan fingerprint density at radius 2 is 1.73 bits per heavy atom. The van der Waals surface area contributed by atoms with Crippen LogP contribution in [0.2, 0.25) is 0 Å². The molecule has 0 aliphatic carbocycles. The molecule has 11 heteroatoms. The zero-order valence-electron chi connectivity index (χ0n) is 15.4. The van der Waals surface area contributed by atoms with Crippen LogP contribution in [0.3, 0.4) is 0 Å². The normalized spacial score (nSPS) is 11.4. The van der Waals surface area contributed by atoms with Gasteiger partial charge in [0, 0.05) is 10.7 Å². The van der Waals surface area contributed by atoms with E-state index < -0.39 is 17.1 Å². The number of imidazole rings is 1. The molecule has 0 saturated heterocycles. The Bertz CT molecular complexity index is 1460. The maximum Gasteiger partial charge on any atom is 0.335 e. The number of ether oxygens (including phenoxy) is 1. The van der Waals surface area contributed by atoms with E-state index >= 15 is 0 Å². The van der Waals surface area contributed by atoms with Crippen molar-refractivity contribution in [1.29, 1.82) is 0 Å². The number of nitrogens with one attached hydrogen (secondary N) is 3. The molecule has 0 aliphatic heterocycles. The molecule has 0 bridgehead atoms. The van der Waals surface area contributed by atoms with Crippen molar-refractivity contribution in [1.82, 2.24) is 19.5 Å². The van der Waals surface area contributed by atoms with Crippen molar-refractivity contribution in [3.05, 3.63) is 77.8 Å². The summed E-state index contributed by atoms with van der Waals surface area (Å²) >= 11 is 3.35. The van der Waals surface area contributed by atoms with Crippen LogP contribution < -0.4 is 21.7 Å². The molecule has 0 amide bonds. The van der Waals surface area contributed by atoms with Gasteiger partial charge in [0.15, 0.2) is 0 Å². The summed E-state index contributed by atoms with van der Waals surface area (Å²) in [5.41, 5.74) is -0.323. The molecule has 2 aromatic carbocycles. The summed E-state index contributed by atoms with van der Waals surface area (Å²) in [6.45, 7) is 0. The number of methoxy groups -OCH3 is 1. The van der Waals surface area contributed by atoms with Crippen LogP contribution in [0.15, 0.2) is 60.2 Å². The SMILES string of the molecule is COc1ccc(-n2c(O)c(C=Nc3cc4[nH]c(=O)[nH]c4cc3Br)c(=O)[nH]c2=O)cc1. The van der Waals surface area contributed by atoms with Crippen LogP contribution >= 0.6 is 15.9 Å². The molecule has 0 fully saturated rings. The fraction of sp³-hybridized carbons (Fsp3) is 0.0526. The molecule has 152 valence electrons. The largest absolute Gasteiger partial charge is 0.497 e. The second kappa shape index (κ2) is 7.52. The van der Waals surface area contributed by atoms with Gasteiger partial charge in [0.25, 0.3) is 5.56 Å². The number of rotatable bonds is 4. The Balaban J connectivity index is 1.81. The predicted octanol–water partition coefficient (Wildman–Crippen LogP) is 1.92. The summed E-state index contributed by atoms with van der Waals surface area (Å²) in [7, 11) is 1.51. The second-order valence-electron chi connectivity index (χ2n) is 6.22. The van der Waals surface area contributed by atoms with E-state index in [-0.39, 0.29) is 11.3 Å². The minimum atomic E-state index is -0.799. The molecule has 0 unspecified atom stereocenters. The number of H-pyrrole nitrogens is 3. The van der Waals surface area contributed by atoms with E-state index in [0.29, 0.717) is 32.6 Å². The van der Waals surface area contributed by atoms with E-state index in [2.05, 4.69) is 35.9 Å². The smallest absolute Gasteiger partial charge is 0.335 e. The maximum absolute atomic E-state index is 12.3. The van der Waals surface area contributed by atoms with Gasteiger partial charge in [-0.15, -0.1) is 0 Å². The van der Waals surface area contributed by atoms with Crippen LogP contribution in [-0.2, 0) is 0 Å². The summed E-state index contributed by atoms with van der Waals surface area (Å²) in [5, 5.41) is 10.6. The Kier molecular flexibility index (Phi) is 4.88. The van der Waals surface area contributed by atoms with Crippen LogP contribution in [0.25, 0.3) is 16.7 Å². The Labute approximate surface area is 175 Å². The summed E-state index contributed by atoms with van der Waals surface area (Å²) < 4.78 is 6.59. The molecule has 2 aromatic heterocycles. The summed E-state index contributed by atoms with van der Waals surface area (Å²) in [6.07, 6.45) is 1.14. The van der Waals surface area contributed by atoms with Crippen LogP contribution in [0.5, 0.6) is 11.6 Å². The second-order valence-corrected chi connectivity index (χ2v) is 7.07. The minimum absolute atomic E-state index is 0.208. The molecular formula is C19H14BrN5O5. The molecular weight excluding hydrogens is 458 g/mol. The number of hydrogen-bond acceptors (Lipinski definition) is 6. The van der Waals surface area contributed by atoms with Crippen molar-refractivity contribution in [3.8, 4) is 17.3 Å². The van der Waals surface area contributed by atoms with Crippen molar-refractivity contribution in [3.63, 3.8) is 0 Å². The van der Waals surface area contributed by atoms with Gasteiger partial charge >= 0.3 is 11.4 Å². The highest BCUT2D eigenvalue weighted by molar-refractivity contribution is 9.10. The molecule has 0 atom stereocenters. The lowest BCUT2D eigenvalue weighted by Gasteiger charge is -2.10. The Morgan fingerprint density at radius 3 is 2.40 bits per heavy atom. The Hall–Kier alpha value is -3.86. The van der Waals surface area contributed by atoms with E-state index in [1.54, 1.807) is 36.4 Å². The Morgan fingerprint density at radius 1 is 1.07 bits per heavy atom. The van der Waals surface area contributed by atoms with Crippen molar-refractivity contribution >= 4 is 38.9 Å². The third kappa shape index (κ3) is 3.46. The van der Waals surface area contributed by atoms with Gasteiger partial charge in [-0.05, 0) is 52.3 Å². The first-order chi connectivity index (χ1) is 14.4. The first-order valence-corrected chi connectivity index (χ1v) is 9.35. The number of aromatic hydroxyl groups is 1. The number of fused-ring (bicyclic) bond motifs is 1. The highest BCUT2D eigenvalue weighted by Crippen LogP contribution is 2.29. The van der Waals surface area contributed by atoms with E-state index in [0.717, 1.165) is 10.8 Å². The number of benzene rings is 2. The van der Waals surface area contributed by atoms with Crippen LogP contribution in [-0.4, -0.2) is 37.9 Å². The van der Waals surface area contributed by atoms with Crippen LogP contribution in [0, 0.1) is 0 Å². The van der Waals surface area contributed by atoms with Crippen LogP contribution in [0.1, 0.15) is 5.56 Å². The first kappa shape index (κ1) is 19.5. The number of aromatic nitrogens is 4. The van der Waals surface area contributed by atoms with E-state index in [9.17, 15) is 19.5 Å². The molecule has 0 saturated carbocycles. The number of halogens is 1. The van der Waals surface area contributed by atoms with Crippen molar-refractivity contribution in [2.75, 3.05) is 7.11 Å². The van der Waals surface area contributed by atoms with Crippen molar-refractivity contribution in [2.45, 2.75) is 0 Å². The fourth-order valence-electron chi connectivity index (χ4n) is 2.90. The molecule has 0 aliphatic rings. The fourth-order valence-corrected chi connectivity index (χ4v) is 3.35. The van der Waals surface area contributed by atoms with Gasteiger partial charge in [-0.2, -0.15) is 0 Å². The summed E-state index contributed by atoms with van der Waals surface area (Å²) in [6, 6.07) is 9.60. The monoisotopic (exact) mass is 471 g/mol. The van der Waals surface area contributed by atoms with Gasteiger partial charge in [-0.25, -0.2) is 14.2 Å². The van der Waals surface area contributed by atoms with Gasteiger partial charge in [0.1, 0.15) is 11.3 Å². The molecule has 30 heavy (non-hydrogen) atoms. The molecule has 2 heterocycles. The molecule has 10 nitrogen and oxygen atoms in total. The average molecular weight is 472 g/mol. The molecule has 0 spiro atoms. The lowest BCUT2D eigenvalue weighted by Crippen LogP contribution is -2.31. The van der Waals surface area contributed by atoms with E-state index in [1.165, 1.54) is 7.11 Å². The van der Waals surface area contributed by atoms with Gasteiger partial charge in [-0.3, -0.25) is 14.8 Å². The topological polar surface area (TPSA) is 145 Å². The summed E-state index contributed by atoms with van der Waals surface area (Å²) in [5.74, 6) is 0.00505. The van der Waals surface area contributed by atoms with E-state index in [4.69, 9.17) is 4.74 Å². The average Bonchev–Trinajstić information content (AvgIpc) is 3.06. The lowest BCUT2D eigenvalue weighted by molar-refractivity contribution is 0.414. The minimum Gasteiger partial charge on any atom is -0.497 e. The molecule has 4 aromatic rings. The highest BCUT2D eigenvalue weighted by atomic mass is 79.9. The van der Waals surface area contributed by atoms with Gasteiger partial charge in [0.05, 0.1) is 29.5 Å². The van der Waals surface area contributed by atoms with Gasteiger partial charge in [-0.1, -0.05) is 0 Å². The van der Waals surface area contributed by atoms with Gasteiger partial charge < -0.3 is 19.8 Å². The third-order valence-corrected chi connectivity index (χ3v) is 5.00. The summed E-state index contributed by atoms with van der Waals surface area (Å²) in [4.78, 5) is 47.6. The quantitative estimate of drug-likeness (QED) is 0.336. The zero-order valence-corrected chi connectivity index (χ0v) is 17.0. The van der Waals surface area contributed by atoms with E-state index in [1.807, 2.05) is 0 Å². The number of nitrogens with zero attached hydrogens (tertiary/aromatic N) is 2. The number of aliphatic imine (C=N–C) groups is 1. The third-order valence-electron chi connectivity index (χ3n) is 4.37. The predicted molar refractivity (Wildman–Crippen MR) is 115 cm³/mol. The van der Waals surface area contributed by atoms with Crippen LogP contribution in [0.4, 0.5) is 5.69 Å². The molecule has 4 N–H and O–H groups in total. The molecule has 0 radical (unpaired) electrons. The first-order valence-electron chi connectivity index (χ1n) is 8.55. The standard InChI is InChI=1S/C19H14BrN5O5/c1-30-10-4-2-9(3-5-10)25-17(27)11(16(26)24-19(25)29)8-21-13-7-15-14(6-12(13)20)22-18(28)23-15/h2-8,27H,1H3,(H2,22,23,28)(H,24,26,29). The number of aromatic amines is 3. The van der Waals surface area contributed by atoms with Gasteiger partial charge in [0.2, 0.25) is 5.88 Å². The lowest BCUT2D eigenvalue weighted by atomic mass is 10.2. The zero-order chi connectivity index (χ0) is 21.4. The maximum atomic E-state index is 12.3. The van der Waals surface area contributed by atoms with Crippen molar-refractivity contribution < 1.29 is 9.84 Å². The highest BCUT2D eigenvalue weighted by Gasteiger charge is 2.15. The number of hydrogen-bond donors (Lipinski definition) is 4. The van der Waals surface area contributed by atoms with Crippen molar-refractivity contribution in [2.24, 2.45) is 4.99 Å². The molecule has 4 rings (SSSR count).